The first kappa shape index (κ1) is 19.5. The van der Waals surface area contributed by atoms with Crippen molar-refractivity contribution in [1.29, 1.82) is 0 Å². The molecule has 0 saturated carbocycles. The highest BCUT2D eigenvalue weighted by Crippen LogP contribution is 2.46. The number of hydrogen-bond donors (Lipinski definition) is 0. The minimum Gasteiger partial charge on any atom is -0.345 e. The maximum absolute atomic E-state index is 12.3. The number of benzene rings is 1. The molecule has 2 rings (SSSR count). The zero-order valence-electron chi connectivity index (χ0n) is 15.2. The van der Waals surface area contributed by atoms with E-state index in [1.165, 1.54) is 39.8 Å². The van der Waals surface area contributed by atoms with Crippen molar-refractivity contribution >= 4 is 35.0 Å². The van der Waals surface area contributed by atoms with Crippen LogP contribution in [-0.2, 0) is 9.59 Å². The molecule has 0 aromatic heterocycles. The number of thioether (sulfide) groups is 1. The van der Waals surface area contributed by atoms with Gasteiger partial charge in [-0.05, 0) is 18.2 Å². The Bertz CT molecular complexity index is 808. The molecule has 1 aliphatic rings. The standard InChI is InChI=1S/C17H20N4O4S/c1-18(2)16(22)12(17(23)19(3)4)7-9-15-20(5)13-8-6-11(21(24)25)10-14(13)26-15/h6-10H,1-5H3/b15-9-. The quantitative estimate of drug-likeness (QED) is 0.263. The lowest BCUT2D eigenvalue weighted by atomic mass is 10.2. The normalized spacial score (nSPS) is 14.0. The SMILES string of the molecule is CN(C)C(=O)C(=C/C=C1\Sc2cc([N+](=O)[O-])ccc2N1C)C(=O)N(C)C. The maximum atomic E-state index is 12.3. The second kappa shape index (κ2) is 7.61. The van der Waals surface area contributed by atoms with Gasteiger partial charge in [-0.3, -0.25) is 19.7 Å². The summed E-state index contributed by atoms with van der Waals surface area (Å²) in [4.78, 5) is 40.4. The van der Waals surface area contributed by atoms with Gasteiger partial charge in [0.2, 0.25) is 0 Å². The molecule has 0 atom stereocenters. The average molecular weight is 376 g/mol. The molecule has 1 aliphatic heterocycles. The molecule has 1 heterocycles. The number of carbonyl (C=O) groups excluding carboxylic acids is 2. The van der Waals surface area contributed by atoms with Crippen LogP contribution in [0.1, 0.15) is 0 Å². The molecule has 138 valence electrons. The molecule has 8 nitrogen and oxygen atoms in total. The van der Waals surface area contributed by atoms with Crippen LogP contribution in [0.25, 0.3) is 0 Å². The Hall–Kier alpha value is -2.81. The van der Waals surface area contributed by atoms with E-state index in [1.807, 2.05) is 11.9 Å². The van der Waals surface area contributed by atoms with Gasteiger partial charge < -0.3 is 14.7 Å². The van der Waals surface area contributed by atoms with Gasteiger partial charge in [0, 0.05) is 52.3 Å². The highest BCUT2D eigenvalue weighted by molar-refractivity contribution is 8.03. The van der Waals surface area contributed by atoms with Crippen LogP contribution in [0.5, 0.6) is 0 Å². The number of hydrogen-bond acceptors (Lipinski definition) is 6. The Morgan fingerprint density at radius 2 is 1.73 bits per heavy atom. The summed E-state index contributed by atoms with van der Waals surface area (Å²) in [5.74, 6) is -0.779. The van der Waals surface area contributed by atoms with E-state index < -0.39 is 4.92 Å². The first-order valence-corrected chi connectivity index (χ1v) is 8.50. The monoisotopic (exact) mass is 376 g/mol. The maximum Gasteiger partial charge on any atom is 0.270 e. The topological polar surface area (TPSA) is 87.0 Å². The van der Waals surface area contributed by atoms with Crippen molar-refractivity contribution in [2.24, 2.45) is 0 Å². The lowest BCUT2D eigenvalue weighted by molar-refractivity contribution is -0.385. The summed E-state index contributed by atoms with van der Waals surface area (Å²) in [6.45, 7) is 0. The Balaban J connectivity index is 2.38. The number of fused-ring (bicyclic) bond motifs is 1. The molecule has 0 radical (unpaired) electrons. The van der Waals surface area contributed by atoms with Gasteiger partial charge in [0.25, 0.3) is 17.5 Å². The number of anilines is 1. The summed E-state index contributed by atoms with van der Waals surface area (Å²) in [5.41, 5.74) is 0.899. The van der Waals surface area contributed by atoms with Crippen LogP contribution in [0.4, 0.5) is 11.4 Å². The number of amides is 2. The van der Waals surface area contributed by atoms with Crippen molar-refractivity contribution in [3.8, 4) is 0 Å². The van der Waals surface area contributed by atoms with E-state index in [1.54, 1.807) is 40.3 Å². The van der Waals surface area contributed by atoms with E-state index in [-0.39, 0.29) is 23.1 Å². The predicted octanol–water partition coefficient (Wildman–Crippen LogP) is 2.08. The van der Waals surface area contributed by atoms with E-state index in [9.17, 15) is 19.7 Å². The molecule has 0 spiro atoms. The van der Waals surface area contributed by atoms with Gasteiger partial charge in [-0.25, -0.2) is 0 Å². The molecular weight excluding hydrogens is 356 g/mol. The second-order valence-corrected chi connectivity index (χ2v) is 7.12. The van der Waals surface area contributed by atoms with E-state index in [0.717, 1.165) is 15.6 Å². The molecule has 0 aliphatic carbocycles. The van der Waals surface area contributed by atoms with Gasteiger partial charge in [0.1, 0.15) is 5.57 Å². The van der Waals surface area contributed by atoms with Gasteiger partial charge in [0.15, 0.2) is 0 Å². The third-order valence-electron chi connectivity index (χ3n) is 3.73. The van der Waals surface area contributed by atoms with Crippen LogP contribution in [0.2, 0.25) is 0 Å². The Morgan fingerprint density at radius 1 is 1.15 bits per heavy atom. The fourth-order valence-corrected chi connectivity index (χ4v) is 3.38. The van der Waals surface area contributed by atoms with Gasteiger partial charge in [-0.15, -0.1) is 0 Å². The lowest BCUT2D eigenvalue weighted by Crippen LogP contribution is -2.33. The minimum atomic E-state index is -0.438. The molecule has 26 heavy (non-hydrogen) atoms. The van der Waals surface area contributed by atoms with Crippen molar-refractivity contribution < 1.29 is 14.5 Å². The molecule has 0 N–H and O–H groups in total. The number of nitro benzene ring substituents is 1. The second-order valence-electron chi connectivity index (χ2n) is 6.05. The van der Waals surface area contributed by atoms with Crippen LogP contribution >= 0.6 is 11.8 Å². The van der Waals surface area contributed by atoms with Crippen molar-refractivity contribution in [3.05, 3.63) is 51.1 Å². The minimum absolute atomic E-state index is 0.0210. The number of carbonyl (C=O) groups is 2. The number of non-ortho nitro benzene ring substituents is 1. The number of nitro groups is 1. The third-order valence-corrected chi connectivity index (χ3v) is 4.89. The van der Waals surface area contributed by atoms with E-state index >= 15 is 0 Å². The summed E-state index contributed by atoms with van der Waals surface area (Å²) >= 11 is 1.35. The van der Waals surface area contributed by atoms with Crippen LogP contribution in [0, 0.1) is 10.1 Å². The highest BCUT2D eigenvalue weighted by Gasteiger charge is 2.25. The largest absolute Gasteiger partial charge is 0.345 e. The van der Waals surface area contributed by atoms with Gasteiger partial charge >= 0.3 is 0 Å². The number of nitrogens with zero attached hydrogens (tertiary/aromatic N) is 4. The van der Waals surface area contributed by atoms with Crippen molar-refractivity contribution in [2.45, 2.75) is 4.90 Å². The summed E-state index contributed by atoms with van der Waals surface area (Å²) in [5, 5.41) is 11.7. The Labute approximate surface area is 155 Å². The lowest BCUT2D eigenvalue weighted by Gasteiger charge is -2.17. The molecule has 0 saturated heterocycles. The van der Waals surface area contributed by atoms with Crippen molar-refractivity contribution in [1.82, 2.24) is 9.80 Å². The third kappa shape index (κ3) is 3.88. The number of likely N-dealkylation sites (N-methyl/N-ethyl adjacent to an activating group) is 2. The molecular formula is C17H20N4O4S. The first-order chi connectivity index (χ1) is 12.1. The van der Waals surface area contributed by atoms with Crippen molar-refractivity contribution in [3.63, 3.8) is 0 Å². The van der Waals surface area contributed by atoms with Gasteiger partial charge in [0.05, 0.1) is 15.6 Å². The zero-order chi connectivity index (χ0) is 19.6. The average Bonchev–Trinajstić information content (AvgIpc) is 2.89. The summed E-state index contributed by atoms with van der Waals surface area (Å²) < 4.78 is 0. The smallest absolute Gasteiger partial charge is 0.270 e. The fraction of sp³-hybridized carbons (Fsp3) is 0.294. The van der Waals surface area contributed by atoms with Crippen LogP contribution < -0.4 is 4.90 Å². The Morgan fingerprint density at radius 3 is 2.23 bits per heavy atom. The van der Waals surface area contributed by atoms with E-state index in [4.69, 9.17) is 0 Å². The Kier molecular flexibility index (Phi) is 5.71. The molecule has 0 fully saturated rings. The van der Waals surface area contributed by atoms with Crippen LogP contribution in [0.15, 0.2) is 45.8 Å². The van der Waals surface area contributed by atoms with Gasteiger partial charge in [-0.2, -0.15) is 0 Å². The van der Waals surface area contributed by atoms with Crippen LogP contribution in [0.3, 0.4) is 0 Å². The molecule has 1 aromatic carbocycles. The molecule has 0 unspecified atom stereocenters. The molecule has 1 aromatic rings. The first-order valence-electron chi connectivity index (χ1n) is 7.68. The molecule has 9 heteroatoms. The number of rotatable bonds is 4. The summed E-state index contributed by atoms with van der Waals surface area (Å²) in [7, 11) is 8.15. The summed E-state index contributed by atoms with van der Waals surface area (Å²) in [6.07, 6.45) is 3.17. The molecule has 0 bridgehead atoms. The molecule has 2 amide bonds. The van der Waals surface area contributed by atoms with Crippen LogP contribution in [-0.4, -0.2) is 61.8 Å². The van der Waals surface area contributed by atoms with Gasteiger partial charge in [-0.1, -0.05) is 11.8 Å². The highest BCUT2D eigenvalue weighted by atomic mass is 32.2. The fourth-order valence-electron chi connectivity index (χ4n) is 2.29. The number of allylic oxidation sites excluding steroid dienone is 2. The summed E-state index contributed by atoms with van der Waals surface area (Å²) in [6, 6.07) is 4.64. The predicted molar refractivity (Wildman–Crippen MR) is 101 cm³/mol. The van der Waals surface area contributed by atoms with E-state index in [0.29, 0.717) is 0 Å². The van der Waals surface area contributed by atoms with E-state index in [2.05, 4.69) is 0 Å². The zero-order valence-corrected chi connectivity index (χ0v) is 16.0. The van der Waals surface area contributed by atoms with Crippen molar-refractivity contribution in [2.75, 3.05) is 40.1 Å².